The van der Waals surface area contributed by atoms with Crippen LogP contribution in [0.15, 0.2) is 24.3 Å². The van der Waals surface area contributed by atoms with Gasteiger partial charge in [-0.15, -0.1) is 0 Å². The molecule has 96 valence electrons. The highest BCUT2D eigenvalue weighted by molar-refractivity contribution is 5.32. The van der Waals surface area contributed by atoms with Crippen LogP contribution in [-0.2, 0) is 0 Å². The Morgan fingerprint density at radius 1 is 1.33 bits per heavy atom. The van der Waals surface area contributed by atoms with E-state index in [1.54, 1.807) is 7.11 Å². The molecule has 0 saturated heterocycles. The number of nitrogens with one attached hydrogen (secondary N) is 1. The zero-order chi connectivity index (χ0) is 13.1. The van der Waals surface area contributed by atoms with E-state index in [4.69, 9.17) is 10.5 Å². The average Bonchev–Trinajstić information content (AvgIpc) is 2.87. The lowest BCUT2D eigenvalue weighted by Crippen LogP contribution is -2.13. The summed E-state index contributed by atoms with van der Waals surface area (Å²) in [5, 5.41) is 7.05. The van der Waals surface area contributed by atoms with Crippen molar-refractivity contribution in [1.29, 1.82) is 0 Å². The first kappa shape index (κ1) is 12.6. The Morgan fingerprint density at radius 3 is 2.72 bits per heavy atom. The topological polar surface area (TPSA) is 76.8 Å². The van der Waals surface area contributed by atoms with Gasteiger partial charge >= 0.3 is 0 Å². The monoisotopic (exact) mass is 246 g/mol. The SMILES string of the molecule is COc1cccc([C@@H](N)c2nc(C(C)C)n[nH]2)c1. The van der Waals surface area contributed by atoms with Gasteiger partial charge in [0.05, 0.1) is 13.2 Å². The maximum absolute atomic E-state index is 6.16. The van der Waals surface area contributed by atoms with E-state index in [0.717, 1.165) is 17.1 Å². The molecule has 1 atom stereocenters. The standard InChI is InChI=1S/C13H18N4O/c1-8(2)12-15-13(17-16-12)11(14)9-5-4-6-10(7-9)18-3/h4-8,11H,14H2,1-3H3,(H,15,16,17)/t11-/m1/s1. The maximum Gasteiger partial charge on any atom is 0.153 e. The van der Waals surface area contributed by atoms with Crippen molar-refractivity contribution in [2.24, 2.45) is 5.73 Å². The van der Waals surface area contributed by atoms with E-state index in [-0.39, 0.29) is 12.0 Å². The van der Waals surface area contributed by atoms with Crippen molar-refractivity contribution in [3.8, 4) is 5.75 Å². The van der Waals surface area contributed by atoms with Gasteiger partial charge in [-0.1, -0.05) is 26.0 Å². The number of nitrogens with two attached hydrogens (primary N) is 1. The van der Waals surface area contributed by atoms with E-state index >= 15 is 0 Å². The number of aromatic nitrogens is 3. The number of benzene rings is 1. The van der Waals surface area contributed by atoms with Crippen LogP contribution < -0.4 is 10.5 Å². The summed E-state index contributed by atoms with van der Waals surface area (Å²) < 4.78 is 5.18. The first-order valence-electron chi connectivity index (χ1n) is 5.93. The molecule has 0 saturated carbocycles. The number of hydrogen-bond donors (Lipinski definition) is 2. The van der Waals surface area contributed by atoms with Crippen LogP contribution in [0.25, 0.3) is 0 Å². The lowest BCUT2D eigenvalue weighted by atomic mass is 10.1. The molecule has 5 nitrogen and oxygen atoms in total. The minimum absolute atomic E-state index is 0.285. The molecule has 0 unspecified atom stereocenters. The van der Waals surface area contributed by atoms with Crippen LogP contribution in [0, 0.1) is 0 Å². The van der Waals surface area contributed by atoms with Crippen molar-refractivity contribution in [3.05, 3.63) is 41.5 Å². The fourth-order valence-corrected chi connectivity index (χ4v) is 1.68. The van der Waals surface area contributed by atoms with Gasteiger partial charge in [0.25, 0.3) is 0 Å². The predicted octanol–water partition coefficient (Wildman–Crippen LogP) is 1.98. The van der Waals surface area contributed by atoms with E-state index in [0.29, 0.717) is 5.82 Å². The molecule has 18 heavy (non-hydrogen) atoms. The third-order valence-electron chi connectivity index (χ3n) is 2.78. The maximum atomic E-state index is 6.16. The predicted molar refractivity (Wildman–Crippen MR) is 69.5 cm³/mol. The van der Waals surface area contributed by atoms with Crippen LogP contribution in [0.1, 0.15) is 43.0 Å². The Bertz CT molecular complexity index is 521. The van der Waals surface area contributed by atoms with Crippen LogP contribution in [0.3, 0.4) is 0 Å². The fourth-order valence-electron chi connectivity index (χ4n) is 1.68. The van der Waals surface area contributed by atoms with Gasteiger partial charge in [0.2, 0.25) is 0 Å². The van der Waals surface area contributed by atoms with E-state index in [1.165, 1.54) is 0 Å². The zero-order valence-corrected chi connectivity index (χ0v) is 10.8. The second kappa shape index (κ2) is 5.18. The summed E-state index contributed by atoms with van der Waals surface area (Å²) in [6.45, 7) is 4.09. The molecule has 2 aromatic rings. The molecule has 0 radical (unpaired) electrons. The molecule has 1 aromatic carbocycles. The van der Waals surface area contributed by atoms with Crippen molar-refractivity contribution in [2.45, 2.75) is 25.8 Å². The van der Waals surface area contributed by atoms with Crippen molar-refractivity contribution in [2.75, 3.05) is 7.11 Å². The van der Waals surface area contributed by atoms with Gasteiger partial charge in [0.1, 0.15) is 11.6 Å². The molecular weight excluding hydrogens is 228 g/mol. The molecule has 3 N–H and O–H groups in total. The van der Waals surface area contributed by atoms with E-state index in [1.807, 2.05) is 38.1 Å². The molecule has 0 aliphatic rings. The Hall–Kier alpha value is -1.88. The molecule has 1 aromatic heterocycles. The number of H-pyrrole nitrogens is 1. The summed E-state index contributed by atoms with van der Waals surface area (Å²) >= 11 is 0. The molecule has 0 amide bonds. The van der Waals surface area contributed by atoms with Gasteiger partial charge in [0.15, 0.2) is 5.82 Å². The summed E-state index contributed by atoms with van der Waals surface area (Å²) in [6, 6.07) is 7.33. The number of hydrogen-bond acceptors (Lipinski definition) is 4. The van der Waals surface area contributed by atoms with Crippen LogP contribution >= 0.6 is 0 Å². The van der Waals surface area contributed by atoms with Gasteiger partial charge in [-0.2, -0.15) is 5.10 Å². The highest BCUT2D eigenvalue weighted by Crippen LogP contribution is 2.21. The Labute approximate surface area is 106 Å². The zero-order valence-electron chi connectivity index (χ0n) is 10.8. The number of ether oxygens (including phenoxy) is 1. The average molecular weight is 246 g/mol. The van der Waals surface area contributed by atoms with Gasteiger partial charge in [-0.25, -0.2) is 4.98 Å². The van der Waals surface area contributed by atoms with Crippen molar-refractivity contribution in [1.82, 2.24) is 15.2 Å². The number of nitrogens with zero attached hydrogens (tertiary/aromatic N) is 2. The van der Waals surface area contributed by atoms with Gasteiger partial charge in [-0.3, -0.25) is 5.10 Å². The third-order valence-corrected chi connectivity index (χ3v) is 2.78. The van der Waals surface area contributed by atoms with Crippen LogP contribution in [-0.4, -0.2) is 22.3 Å². The van der Waals surface area contributed by atoms with Crippen molar-refractivity contribution in [3.63, 3.8) is 0 Å². The Morgan fingerprint density at radius 2 is 2.11 bits per heavy atom. The van der Waals surface area contributed by atoms with Crippen LogP contribution in [0.4, 0.5) is 0 Å². The molecule has 0 aliphatic carbocycles. The lowest BCUT2D eigenvalue weighted by Gasteiger charge is -2.10. The Balaban J connectivity index is 2.26. The van der Waals surface area contributed by atoms with Crippen LogP contribution in [0.5, 0.6) is 5.75 Å². The third kappa shape index (κ3) is 2.51. The molecule has 2 rings (SSSR count). The summed E-state index contributed by atoms with van der Waals surface area (Å²) in [5.74, 6) is 2.52. The first-order valence-corrected chi connectivity index (χ1v) is 5.93. The van der Waals surface area contributed by atoms with E-state index in [9.17, 15) is 0 Å². The lowest BCUT2D eigenvalue weighted by molar-refractivity contribution is 0.414. The van der Waals surface area contributed by atoms with Gasteiger partial charge < -0.3 is 10.5 Å². The number of aromatic amines is 1. The molecule has 5 heteroatoms. The highest BCUT2D eigenvalue weighted by Gasteiger charge is 2.15. The van der Waals surface area contributed by atoms with Crippen molar-refractivity contribution >= 4 is 0 Å². The number of rotatable bonds is 4. The van der Waals surface area contributed by atoms with Crippen LogP contribution in [0.2, 0.25) is 0 Å². The molecule has 0 spiro atoms. The summed E-state index contributed by atoms with van der Waals surface area (Å²) in [4.78, 5) is 4.41. The minimum atomic E-state index is -0.319. The molecule has 0 bridgehead atoms. The van der Waals surface area contributed by atoms with E-state index < -0.39 is 0 Å². The van der Waals surface area contributed by atoms with Crippen molar-refractivity contribution < 1.29 is 4.74 Å². The second-order valence-corrected chi connectivity index (χ2v) is 4.49. The minimum Gasteiger partial charge on any atom is -0.497 e. The largest absolute Gasteiger partial charge is 0.497 e. The number of methoxy groups -OCH3 is 1. The second-order valence-electron chi connectivity index (χ2n) is 4.49. The highest BCUT2D eigenvalue weighted by atomic mass is 16.5. The summed E-state index contributed by atoms with van der Waals surface area (Å²) in [5.41, 5.74) is 7.11. The first-order chi connectivity index (χ1) is 8.61. The van der Waals surface area contributed by atoms with Gasteiger partial charge in [0, 0.05) is 5.92 Å². The Kier molecular flexibility index (Phi) is 3.62. The molecule has 0 aliphatic heterocycles. The van der Waals surface area contributed by atoms with Gasteiger partial charge in [-0.05, 0) is 17.7 Å². The summed E-state index contributed by atoms with van der Waals surface area (Å²) in [7, 11) is 1.63. The quantitative estimate of drug-likeness (QED) is 0.864. The fraction of sp³-hybridized carbons (Fsp3) is 0.385. The molecular formula is C13H18N4O. The summed E-state index contributed by atoms with van der Waals surface area (Å²) in [6.07, 6.45) is 0. The molecule has 1 heterocycles. The molecule has 0 fully saturated rings. The normalized spacial score (nSPS) is 12.7. The van der Waals surface area contributed by atoms with E-state index in [2.05, 4.69) is 15.2 Å². The smallest absolute Gasteiger partial charge is 0.153 e.